The Bertz CT molecular complexity index is 940. The van der Waals surface area contributed by atoms with Crippen molar-refractivity contribution in [3.05, 3.63) is 47.5 Å². The number of halogens is 2. The summed E-state index contributed by atoms with van der Waals surface area (Å²) in [6, 6.07) is 1.74. The van der Waals surface area contributed by atoms with Crippen molar-refractivity contribution in [2.24, 2.45) is 5.92 Å². The van der Waals surface area contributed by atoms with Crippen LogP contribution in [0.5, 0.6) is 0 Å². The van der Waals surface area contributed by atoms with Crippen LogP contribution < -0.4 is 10.6 Å². The lowest BCUT2D eigenvalue weighted by molar-refractivity contribution is -0.142. The van der Waals surface area contributed by atoms with Crippen LogP contribution in [0.1, 0.15) is 64.4 Å². The van der Waals surface area contributed by atoms with Crippen molar-refractivity contribution in [2.75, 3.05) is 20.2 Å². The normalized spacial score (nSPS) is 28.6. The first-order valence-electron chi connectivity index (χ1n) is 13.9. The third-order valence-electron chi connectivity index (χ3n) is 7.65. The minimum absolute atomic E-state index is 0.0345. The Labute approximate surface area is 225 Å². The van der Waals surface area contributed by atoms with E-state index in [9.17, 15) is 23.5 Å². The highest BCUT2D eigenvalue weighted by Crippen LogP contribution is 2.23. The predicted molar refractivity (Wildman–Crippen MR) is 142 cm³/mol. The van der Waals surface area contributed by atoms with E-state index in [0.717, 1.165) is 44.6 Å². The lowest BCUT2D eigenvalue weighted by atomic mass is 9.98. The number of hydrogen-bond donors (Lipinski definition) is 3. The topological polar surface area (TPSA) is 90.9 Å². The first-order chi connectivity index (χ1) is 18.2. The zero-order valence-corrected chi connectivity index (χ0v) is 22.8. The number of nitrogens with zero attached hydrogens (tertiary/aromatic N) is 1. The molecule has 0 spiro atoms. The van der Waals surface area contributed by atoms with Gasteiger partial charge in [0.25, 0.3) is 0 Å². The average Bonchev–Trinajstić information content (AvgIpc) is 3.33. The number of ether oxygens (including phenoxy) is 1. The number of aliphatic hydroxyl groups excluding tert-OH is 1. The van der Waals surface area contributed by atoms with Crippen molar-refractivity contribution in [3.63, 3.8) is 0 Å². The van der Waals surface area contributed by atoms with Crippen LogP contribution >= 0.6 is 0 Å². The summed E-state index contributed by atoms with van der Waals surface area (Å²) in [5.41, 5.74) is 0.327. The zero-order valence-electron chi connectivity index (χ0n) is 22.8. The molecule has 3 rings (SSSR count). The zero-order chi connectivity index (χ0) is 27.7. The number of carbonyl (C=O) groups is 2. The first kappa shape index (κ1) is 30.2. The Kier molecular flexibility index (Phi) is 11.7. The summed E-state index contributed by atoms with van der Waals surface area (Å²) in [5.74, 6) is -2.21. The van der Waals surface area contributed by atoms with Crippen molar-refractivity contribution in [3.8, 4) is 0 Å². The summed E-state index contributed by atoms with van der Waals surface area (Å²) >= 11 is 0. The molecular formula is C29H43F2N3O4. The molecule has 1 aliphatic carbocycles. The van der Waals surface area contributed by atoms with Gasteiger partial charge in [-0.1, -0.05) is 38.8 Å². The fraction of sp³-hybridized carbons (Fsp3) is 0.655. The van der Waals surface area contributed by atoms with E-state index in [1.807, 2.05) is 19.1 Å². The highest BCUT2D eigenvalue weighted by molar-refractivity contribution is 5.88. The summed E-state index contributed by atoms with van der Waals surface area (Å²) in [6.45, 7) is 4.56. The summed E-state index contributed by atoms with van der Waals surface area (Å²) < 4.78 is 33.8. The predicted octanol–water partition coefficient (Wildman–Crippen LogP) is 3.49. The van der Waals surface area contributed by atoms with Crippen LogP contribution in [-0.4, -0.2) is 72.4 Å². The molecule has 1 saturated carbocycles. The van der Waals surface area contributed by atoms with Gasteiger partial charge in [0.2, 0.25) is 11.8 Å². The molecule has 0 saturated heterocycles. The number of β-amino-alcohol motifs (C(OH)–C–C–N with tert-alkyl or cyclic N) is 1. The lowest BCUT2D eigenvalue weighted by Gasteiger charge is -2.32. The fourth-order valence-electron chi connectivity index (χ4n) is 5.31. The molecular weight excluding hydrogens is 492 g/mol. The Morgan fingerprint density at radius 3 is 2.66 bits per heavy atom. The van der Waals surface area contributed by atoms with Crippen LogP contribution in [0.25, 0.3) is 0 Å². The van der Waals surface area contributed by atoms with Gasteiger partial charge in [-0.25, -0.2) is 8.78 Å². The minimum atomic E-state index is -1.02. The molecule has 0 unspecified atom stereocenters. The Morgan fingerprint density at radius 2 is 1.95 bits per heavy atom. The van der Waals surface area contributed by atoms with Crippen LogP contribution in [-0.2, 0) is 20.7 Å². The van der Waals surface area contributed by atoms with Gasteiger partial charge in [-0.05, 0) is 56.2 Å². The standard InChI is InChI=1S/C29H43F2N3O4/c1-4-5-8-19(2)29(37)34(3)26-9-6-7-12-38-24-11-10-23(17-24)32-18-27(35)25(33-28(26)36)15-20-13-21(30)16-22(31)14-20/h6-7,13-14,16,19,23-27,32,35H,4-5,8-12,15,17-18H2,1-3H3,(H,33,36)/b7-6-/t19-,23-,24+,25-,26-,27+/m0/s1. The molecule has 6 atom stereocenters. The van der Waals surface area contributed by atoms with Gasteiger partial charge in [0.05, 0.1) is 24.9 Å². The van der Waals surface area contributed by atoms with Crippen LogP contribution in [0, 0.1) is 17.6 Å². The highest BCUT2D eigenvalue weighted by Gasteiger charge is 2.33. The smallest absolute Gasteiger partial charge is 0.243 e. The molecule has 1 fully saturated rings. The molecule has 1 aliphatic heterocycles. The number of amides is 2. The number of rotatable bonds is 7. The quantitative estimate of drug-likeness (QED) is 0.465. The van der Waals surface area contributed by atoms with E-state index >= 15 is 0 Å². The summed E-state index contributed by atoms with van der Waals surface area (Å²) in [5, 5.41) is 17.4. The van der Waals surface area contributed by atoms with Gasteiger partial charge in [-0.2, -0.15) is 0 Å². The molecule has 1 aromatic carbocycles. The van der Waals surface area contributed by atoms with E-state index < -0.39 is 35.7 Å². The van der Waals surface area contributed by atoms with E-state index in [-0.39, 0.29) is 43.4 Å². The number of aliphatic hydroxyl groups is 1. The third-order valence-corrected chi connectivity index (χ3v) is 7.65. The summed E-state index contributed by atoms with van der Waals surface area (Å²) in [6.07, 6.45) is 8.42. The second-order valence-electron chi connectivity index (χ2n) is 10.8. The molecule has 0 aromatic heterocycles. The molecule has 1 aromatic rings. The number of unbranched alkanes of at least 4 members (excludes halogenated alkanes) is 1. The minimum Gasteiger partial charge on any atom is -0.390 e. The Morgan fingerprint density at radius 1 is 1.21 bits per heavy atom. The van der Waals surface area contributed by atoms with Crippen molar-refractivity contribution >= 4 is 11.8 Å². The van der Waals surface area contributed by atoms with E-state index in [2.05, 4.69) is 17.6 Å². The molecule has 212 valence electrons. The van der Waals surface area contributed by atoms with Crippen molar-refractivity contribution in [1.82, 2.24) is 15.5 Å². The average molecular weight is 536 g/mol. The molecule has 38 heavy (non-hydrogen) atoms. The van der Waals surface area contributed by atoms with Crippen molar-refractivity contribution < 1.29 is 28.2 Å². The number of fused-ring (bicyclic) bond motifs is 2. The Hall–Kier alpha value is -2.36. The van der Waals surface area contributed by atoms with Crippen LogP contribution in [0.15, 0.2) is 30.4 Å². The van der Waals surface area contributed by atoms with E-state index in [0.29, 0.717) is 12.2 Å². The maximum Gasteiger partial charge on any atom is 0.243 e. The van der Waals surface area contributed by atoms with Crippen LogP contribution in [0.3, 0.4) is 0 Å². The molecule has 2 bridgehead atoms. The third kappa shape index (κ3) is 8.85. The summed E-state index contributed by atoms with van der Waals surface area (Å²) in [7, 11) is 1.63. The number of nitrogens with one attached hydrogen (secondary N) is 2. The van der Waals surface area contributed by atoms with Gasteiger partial charge >= 0.3 is 0 Å². The lowest BCUT2D eigenvalue weighted by Crippen LogP contribution is -2.55. The van der Waals surface area contributed by atoms with Crippen LogP contribution in [0.4, 0.5) is 8.78 Å². The van der Waals surface area contributed by atoms with E-state index in [4.69, 9.17) is 4.74 Å². The van der Waals surface area contributed by atoms with Gasteiger partial charge in [-0.3, -0.25) is 9.59 Å². The molecule has 2 aliphatic rings. The number of carbonyl (C=O) groups excluding carboxylic acids is 2. The molecule has 1 heterocycles. The van der Waals surface area contributed by atoms with E-state index in [1.54, 1.807) is 7.05 Å². The second kappa shape index (κ2) is 14.7. The number of likely N-dealkylation sites (N-methyl/N-ethyl adjacent to an activating group) is 1. The van der Waals surface area contributed by atoms with Crippen LogP contribution in [0.2, 0.25) is 0 Å². The first-order valence-corrected chi connectivity index (χ1v) is 13.9. The van der Waals surface area contributed by atoms with Gasteiger partial charge < -0.3 is 25.4 Å². The molecule has 3 N–H and O–H groups in total. The number of hydrogen-bond acceptors (Lipinski definition) is 5. The fourth-order valence-corrected chi connectivity index (χ4v) is 5.31. The monoisotopic (exact) mass is 535 g/mol. The van der Waals surface area contributed by atoms with Crippen molar-refractivity contribution in [2.45, 2.75) is 95.5 Å². The van der Waals surface area contributed by atoms with E-state index in [1.165, 1.54) is 17.0 Å². The van der Waals surface area contributed by atoms with Gasteiger partial charge in [-0.15, -0.1) is 0 Å². The highest BCUT2D eigenvalue weighted by atomic mass is 19.1. The largest absolute Gasteiger partial charge is 0.390 e. The number of benzene rings is 1. The van der Waals surface area contributed by atoms with Crippen molar-refractivity contribution in [1.29, 1.82) is 0 Å². The second-order valence-corrected chi connectivity index (χ2v) is 10.8. The van der Waals surface area contributed by atoms with Gasteiger partial charge in [0.15, 0.2) is 0 Å². The summed E-state index contributed by atoms with van der Waals surface area (Å²) in [4.78, 5) is 28.2. The molecule has 7 nitrogen and oxygen atoms in total. The molecule has 0 radical (unpaired) electrons. The van der Waals surface area contributed by atoms with Gasteiger partial charge in [0, 0.05) is 31.6 Å². The Balaban J connectivity index is 1.85. The molecule has 9 heteroatoms. The maximum absolute atomic E-state index is 13.9. The van der Waals surface area contributed by atoms with Gasteiger partial charge in [0.1, 0.15) is 17.7 Å². The maximum atomic E-state index is 13.9. The SMILES string of the molecule is CCCC[C@H](C)C(=O)N(C)[C@H]1C/C=C\CO[C@@H]2CC[C@@H](C2)NC[C@@H](O)[C@H](Cc2cc(F)cc(F)c2)NC1=O. The molecule has 2 amide bonds.